The van der Waals surface area contributed by atoms with Gasteiger partial charge in [-0.3, -0.25) is 9.59 Å². The van der Waals surface area contributed by atoms with Crippen LogP contribution in [-0.4, -0.2) is 17.7 Å². The average Bonchev–Trinajstić information content (AvgIpc) is 2.36. The van der Waals surface area contributed by atoms with Gasteiger partial charge in [0.1, 0.15) is 0 Å². The van der Waals surface area contributed by atoms with Crippen LogP contribution in [-0.2, 0) is 9.59 Å². The molecule has 1 unspecified atom stereocenters. The lowest BCUT2D eigenvalue weighted by Gasteiger charge is -2.06. The Bertz CT molecular complexity index is 177. The van der Waals surface area contributed by atoms with E-state index in [9.17, 15) is 9.59 Å². The van der Waals surface area contributed by atoms with Crippen molar-refractivity contribution in [3.63, 3.8) is 0 Å². The highest BCUT2D eigenvalue weighted by Crippen LogP contribution is 2.09. The Morgan fingerprint density at radius 2 is 2.45 bits per heavy atom. The molecule has 3 nitrogen and oxygen atoms in total. The topological polar surface area (TPSA) is 46.2 Å². The number of hydrogen-bond donors (Lipinski definition) is 1. The van der Waals surface area contributed by atoms with Gasteiger partial charge >= 0.3 is 0 Å². The van der Waals surface area contributed by atoms with Crippen molar-refractivity contribution >= 4 is 11.7 Å². The molecule has 62 valence electrons. The molecule has 1 fully saturated rings. The van der Waals surface area contributed by atoms with E-state index in [-0.39, 0.29) is 17.7 Å². The largest absolute Gasteiger partial charge is 0.346 e. The highest BCUT2D eigenvalue weighted by molar-refractivity contribution is 5.91. The van der Waals surface area contributed by atoms with E-state index >= 15 is 0 Å². The van der Waals surface area contributed by atoms with Crippen LogP contribution >= 0.6 is 0 Å². The van der Waals surface area contributed by atoms with Crippen LogP contribution in [0.5, 0.6) is 0 Å². The lowest BCUT2D eigenvalue weighted by molar-refractivity contribution is -0.124. The second-order valence-electron chi connectivity index (χ2n) is 2.88. The van der Waals surface area contributed by atoms with E-state index in [1.807, 2.05) is 6.92 Å². The zero-order valence-corrected chi connectivity index (χ0v) is 6.72. The maximum absolute atomic E-state index is 11.2. The first-order valence-electron chi connectivity index (χ1n) is 4.06. The molecule has 1 rings (SSSR count). The molecule has 0 aromatic heterocycles. The molecule has 0 spiro atoms. The third kappa shape index (κ3) is 2.03. The molecule has 0 aliphatic carbocycles. The summed E-state index contributed by atoms with van der Waals surface area (Å²) in [5.41, 5.74) is 0. The van der Waals surface area contributed by atoms with E-state index in [2.05, 4.69) is 5.32 Å². The number of hydrogen-bond acceptors (Lipinski definition) is 2. The molecule has 1 saturated heterocycles. The fraction of sp³-hybridized carbons (Fsp3) is 0.750. The van der Waals surface area contributed by atoms with E-state index in [0.29, 0.717) is 19.3 Å². The average molecular weight is 155 g/mol. The van der Waals surface area contributed by atoms with Gasteiger partial charge in [0.25, 0.3) is 0 Å². The molecule has 1 aliphatic heterocycles. The zero-order chi connectivity index (χ0) is 8.27. The SMILES string of the molecule is CCCC(=O)C1CCC(=O)N1. The monoisotopic (exact) mass is 155 g/mol. The molecule has 1 amide bonds. The van der Waals surface area contributed by atoms with Crippen LogP contribution in [0.4, 0.5) is 0 Å². The van der Waals surface area contributed by atoms with E-state index in [1.54, 1.807) is 0 Å². The first-order chi connectivity index (χ1) is 5.24. The second kappa shape index (κ2) is 3.51. The number of carbonyl (C=O) groups is 2. The predicted molar refractivity (Wildman–Crippen MR) is 41.1 cm³/mol. The van der Waals surface area contributed by atoms with Crippen molar-refractivity contribution in [3.05, 3.63) is 0 Å². The molecular weight excluding hydrogens is 142 g/mol. The second-order valence-corrected chi connectivity index (χ2v) is 2.88. The summed E-state index contributed by atoms with van der Waals surface area (Å²) in [6, 6.07) is -0.178. The number of amides is 1. The van der Waals surface area contributed by atoms with Crippen molar-refractivity contribution in [2.75, 3.05) is 0 Å². The van der Waals surface area contributed by atoms with Crippen molar-refractivity contribution in [2.24, 2.45) is 0 Å². The van der Waals surface area contributed by atoms with Gasteiger partial charge in [-0.05, 0) is 12.8 Å². The van der Waals surface area contributed by atoms with Crippen molar-refractivity contribution in [1.82, 2.24) is 5.32 Å². The van der Waals surface area contributed by atoms with Crippen molar-refractivity contribution in [1.29, 1.82) is 0 Å². The van der Waals surface area contributed by atoms with E-state index in [0.717, 1.165) is 6.42 Å². The fourth-order valence-electron chi connectivity index (χ4n) is 1.28. The first kappa shape index (κ1) is 8.24. The van der Waals surface area contributed by atoms with Gasteiger partial charge in [-0.1, -0.05) is 6.92 Å². The summed E-state index contributed by atoms with van der Waals surface area (Å²) in [5, 5.41) is 2.65. The number of rotatable bonds is 3. The van der Waals surface area contributed by atoms with Gasteiger partial charge in [0, 0.05) is 12.8 Å². The normalized spacial score (nSPS) is 23.4. The zero-order valence-electron chi connectivity index (χ0n) is 6.72. The quantitative estimate of drug-likeness (QED) is 0.650. The molecule has 1 heterocycles. The highest BCUT2D eigenvalue weighted by atomic mass is 16.2. The molecule has 0 aromatic rings. The van der Waals surface area contributed by atoms with E-state index in [4.69, 9.17) is 0 Å². The van der Waals surface area contributed by atoms with Gasteiger partial charge < -0.3 is 5.32 Å². The molecule has 0 radical (unpaired) electrons. The lowest BCUT2D eigenvalue weighted by Crippen LogP contribution is -2.32. The standard InChI is InChI=1S/C8H13NO2/c1-2-3-7(10)6-4-5-8(11)9-6/h6H,2-5H2,1H3,(H,9,11). The Kier molecular flexibility index (Phi) is 2.63. The Morgan fingerprint density at radius 3 is 2.91 bits per heavy atom. The van der Waals surface area contributed by atoms with Gasteiger partial charge in [0.2, 0.25) is 5.91 Å². The smallest absolute Gasteiger partial charge is 0.220 e. The molecule has 3 heteroatoms. The summed E-state index contributed by atoms with van der Waals surface area (Å²) in [5.74, 6) is 0.192. The van der Waals surface area contributed by atoms with Crippen LogP contribution in [0.1, 0.15) is 32.6 Å². The van der Waals surface area contributed by atoms with Crippen LogP contribution in [0, 0.1) is 0 Å². The molecule has 1 N–H and O–H groups in total. The van der Waals surface area contributed by atoms with Crippen LogP contribution in [0.15, 0.2) is 0 Å². The van der Waals surface area contributed by atoms with Crippen molar-refractivity contribution in [2.45, 2.75) is 38.6 Å². The van der Waals surface area contributed by atoms with Crippen molar-refractivity contribution in [3.8, 4) is 0 Å². The summed E-state index contributed by atoms with van der Waals surface area (Å²) in [6.07, 6.45) is 2.66. The van der Waals surface area contributed by atoms with Gasteiger partial charge in [-0.2, -0.15) is 0 Å². The number of ketones is 1. The minimum absolute atomic E-state index is 0.0134. The van der Waals surface area contributed by atoms with Crippen molar-refractivity contribution < 1.29 is 9.59 Å². The third-order valence-electron chi connectivity index (χ3n) is 1.88. The summed E-state index contributed by atoms with van der Waals surface area (Å²) >= 11 is 0. The van der Waals surface area contributed by atoms with Gasteiger partial charge in [-0.15, -0.1) is 0 Å². The Labute approximate surface area is 66.2 Å². The van der Waals surface area contributed by atoms with Crippen LogP contribution in [0.25, 0.3) is 0 Å². The summed E-state index contributed by atoms with van der Waals surface area (Å²) in [6.45, 7) is 1.97. The molecular formula is C8H13NO2. The molecule has 0 aromatic carbocycles. The maximum Gasteiger partial charge on any atom is 0.220 e. The number of nitrogens with one attached hydrogen (secondary N) is 1. The summed E-state index contributed by atoms with van der Waals surface area (Å²) in [7, 11) is 0. The van der Waals surface area contributed by atoms with Crippen LogP contribution in [0.2, 0.25) is 0 Å². The van der Waals surface area contributed by atoms with E-state index in [1.165, 1.54) is 0 Å². The number of carbonyl (C=O) groups excluding carboxylic acids is 2. The Hall–Kier alpha value is -0.860. The number of Topliss-reactive ketones (excluding diaryl/α,β-unsaturated/α-hetero) is 1. The fourth-order valence-corrected chi connectivity index (χ4v) is 1.28. The molecule has 1 atom stereocenters. The van der Waals surface area contributed by atoms with Crippen LogP contribution < -0.4 is 5.32 Å². The van der Waals surface area contributed by atoms with Gasteiger partial charge in [-0.25, -0.2) is 0 Å². The summed E-state index contributed by atoms with van der Waals surface area (Å²) < 4.78 is 0. The highest BCUT2D eigenvalue weighted by Gasteiger charge is 2.25. The molecule has 0 saturated carbocycles. The van der Waals surface area contributed by atoms with Gasteiger partial charge in [0.05, 0.1) is 6.04 Å². The van der Waals surface area contributed by atoms with Gasteiger partial charge in [0.15, 0.2) is 5.78 Å². The molecule has 1 aliphatic rings. The summed E-state index contributed by atoms with van der Waals surface area (Å²) in [4.78, 5) is 21.9. The molecule has 11 heavy (non-hydrogen) atoms. The molecule has 0 bridgehead atoms. The van der Waals surface area contributed by atoms with E-state index < -0.39 is 0 Å². The lowest BCUT2D eigenvalue weighted by atomic mass is 10.1. The first-order valence-corrected chi connectivity index (χ1v) is 4.06. The third-order valence-corrected chi connectivity index (χ3v) is 1.88. The Morgan fingerprint density at radius 1 is 1.73 bits per heavy atom. The minimum Gasteiger partial charge on any atom is -0.346 e. The maximum atomic E-state index is 11.2. The van der Waals surface area contributed by atoms with Crippen LogP contribution in [0.3, 0.4) is 0 Å². The Balaban J connectivity index is 2.37. The predicted octanol–water partition coefficient (Wildman–Crippen LogP) is 0.634. The minimum atomic E-state index is -0.178.